The second-order valence-corrected chi connectivity index (χ2v) is 6.28. The van der Waals surface area contributed by atoms with Gasteiger partial charge in [0.1, 0.15) is 0 Å². The van der Waals surface area contributed by atoms with Crippen LogP contribution in [0, 0.1) is 0 Å². The summed E-state index contributed by atoms with van der Waals surface area (Å²) in [7, 11) is 0. The molecule has 0 aromatic rings. The van der Waals surface area contributed by atoms with Crippen LogP contribution in [0.2, 0.25) is 0 Å². The summed E-state index contributed by atoms with van der Waals surface area (Å²) in [5, 5.41) is 0. The molecular formula is C12H24N2O2S. The van der Waals surface area contributed by atoms with Crippen molar-refractivity contribution in [3.63, 3.8) is 0 Å². The Morgan fingerprint density at radius 3 is 2.82 bits per heavy atom. The van der Waals surface area contributed by atoms with E-state index in [0.717, 1.165) is 12.2 Å². The number of carbonyl (C=O) groups excluding carboxylic acids is 1. The smallest absolute Gasteiger partial charge is 0.239 e. The van der Waals surface area contributed by atoms with E-state index < -0.39 is 0 Å². The molecule has 0 saturated carbocycles. The summed E-state index contributed by atoms with van der Waals surface area (Å²) in [6.07, 6.45) is 2.85. The number of amides is 1. The molecule has 1 rings (SSSR count). The minimum absolute atomic E-state index is 0.0577. The van der Waals surface area contributed by atoms with Crippen molar-refractivity contribution in [1.82, 2.24) is 4.90 Å². The number of hydrogen-bond donors (Lipinski definition) is 1. The molecule has 1 heterocycles. The van der Waals surface area contributed by atoms with Crippen LogP contribution < -0.4 is 5.73 Å². The lowest BCUT2D eigenvalue weighted by atomic mass is 10.0. The zero-order valence-corrected chi connectivity index (χ0v) is 12.0. The van der Waals surface area contributed by atoms with Crippen molar-refractivity contribution >= 4 is 17.7 Å². The van der Waals surface area contributed by atoms with E-state index in [9.17, 15) is 4.79 Å². The highest BCUT2D eigenvalue weighted by atomic mass is 32.2. The Balaban J connectivity index is 2.56. The summed E-state index contributed by atoms with van der Waals surface area (Å²) >= 11 is 1.72. The van der Waals surface area contributed by atoms with E-state index >= 15 is 0 Å². The summed E-state index contributed by atoms with van der Waals surface area (Å²) < 4.78 is 5.78. The molecule has 0 aliphatic carbocycles. The molecular weight excluding hydrogens is 236 g/mol. The average molecular weight is 260 g/mol. The molecule has 0 radical (unpaired) electrons. The lowest BCUT2D eigenvalue weighted by Crippen LogP contribution is -2.57. The fraction of sp³-hybridized carbons (Fsp3) is 0.917. The number of ether oxygens (including phenoxy) is 1. The molecule has 1 amide bonds. The quantitative estimate of drug-likeness (QED) is 0.822. The third-order valence-corrected chi connectivity index (χ3v) is 3.48. The van der Waals surface area contributed by atoms with E-state index in [1.165, 1.54) is 0 Å². The zero-order valence-electron chi connectivity index (χ0n) is 11.2. The number of thioether (sulfide) groups is 1. The van der Waals surface area contributed by atoms with Gasteiger partial charge in [0.2, 0.25) is 5.91 Å². The van der Waals surface area contributed by atoms with Crippen LogP contribution in [0.5, 0.6) is 0 Å². The van der Waals surface area contributed by atoms with E-state index in [1.54, 1.807) is 11.8 Å². The van der Waals surface area contributed by atoms with E-state index in [2.05, 4.69) is 0 Å². The molecule has 0 spiro atoms. The van der Waals surface area contributed by atoms with Crippen molar-refractivity contribution < 1.29 is 9.53 Å². The molecule has 1 saturated heterocycles. The first-order valence-corrected chi connectivity index (χ1v) is 7.46. The van der Waals surface area contributed by atoms with Gasteiger partial charge in [-0.3, -0.25) is 4.79 Å². The van der Waals surface area contributed by atoms with Crippen LogP contribution in [0.15, 0.2) is 0 Å². The van der Waals surface area contributed by atoms with Crippen molar-refractivity contribution in [2.24, 2.45) is 5.73 Å². The van der Waals surface area contributed by atoms with Crippen LogP contribution in [-0.2, 0) is 9.53 Å². The van der Waals surface area contributed by atoms with Crippen LogP contribution in [-0.4, -0.2) is 53.7 Å². The van der Waals surface area contributed by atoms with Gasteiger partial charge in [-0.15, -0.1) is 0 Å². The lowest BCUT2D eigenvalue weighted by molar-refractivity contribution is -0.159. The van der Waals surface area contributed by atoms with Crippen LogP contribution in [0.1, 0.15) is 27.2 Å². The Bertz CT molecular complexity index is 271. The summed E-state index contributed by atoms with van der Waals surface area (Å²) in [6, 6.07) is -0.372. The first-order chi connectivity index (χ1) is 7.85. The lowest BCUT2D eigenvalue weighted by Gasteiger charge is -2.42. The fourth-order valence-electron chi connectivity index (χ4n) is 2.22. The Labute approximate surface area is 108 Å². The Morgan fingerprint density at radius 1 is 1.65 bits per heavy atom. The third-order valence-electron chi connectivity index (χ3n) is 2.83. The largest absolute Gasteiger partial charge is 0.369 e. The molecule has 1 aliphatic heterocycles. The molecule has 0 aromatic heterocycles. The first-order valence-electron chi connectivity index (χ1n) is 6.07. The van der Waals surface area contributed by atoms with Gasteiger partial charge in [-0.2, -0.15) is 11.8 Å². The van der Waals surface area contributed by atoms with Gasteiger partial charge in [0.05, 0.1) is 17.7 Å². The number of hydrogen-bond acceptors (Lipinski definition) is 4. The van der Waals surface area contributed by atoms with E-state index in [-0.39, 0.29) is 23.7 Å². The topological polar surface area (TPSA) is 55.6 Å². The van der Waals surface area contributed by atoms with Crippen LogP contribution in [0.4, 0.5) is 0 Å². The molecule has 1 fully saturated rings. The van der Waals surface area contributed by atoms with Gasteiger partial charge in [-0.05, 0) is 39.2 Å². The molecule has 0 bridgehead atoms. The van der Waals surface area contributed by atoms with Gasteiger partial charge in [-0.1, -0.05) is 0 Å². The second kappa shape index (κ2) is 6.07. The Morgan fingerprint density at radius 2 is 2.29 bits per heavy atom. The van der Waals surface area contributed by atoms with Crippen LogP contribution >= 0.6 is 11.8 Å². The fourth-order valence-corrected chi connectivity index (χ4v) is 2.71. The molecule has 1 unspecified atom stereocenters. The number of nitrogens with two attached hydrogens (primary N) is 1. The summed E-state index contributed by atoms with van der Waals surface area (Å²) in [5.41, 5.74) is 5.65. The molecule has 17 heavy (non-hydrogen) atoms. The molecule has 2 atom stereocenters. The van der Waals surface area contributed by atoms with E-state index in [0.29, 0.717) is 13.1 Å². The normalized spacial score (nSPS) is 25.7. The number of morpholine rings is 1. The first kappa shape index (κ1) is 14.8. The van der Waals surface area contributed by atoms with Crippen molar-refractivity contribution in [3.8, 4) is 0 Å². The molecule has 5 heteroatoms. The average Bonchev–Trinajstić information content (AvgIpc) is 2.21. The standard InChI is InChI=1S/C12H24N2O2S/c1-9-7-14(8-12(2,3)16-9)11(15)10(13)5-6-17-4/h9-10H,5-8,13H2,1-4H3/t9?,10-/m1/s1. The summed E-state index contributed by atoms with van der Waals surface area (Å²) in [4.78, 5) is 14.0. The maximum atomic E-state index is 12.2. The highest BCUT2D eigenvalue weighted by Gasteiger charge is 2.35. The minimum Gasteiger partial charge on any atom is -0.369 e. The van der Waals surface area contributed by atoms with Crippen molar-refractivity contribution in [3.05, 3.63) is 0 Å². The van der Waals surface area contributed by atoms with Crippen molar-refractivity contribution in [1.29, 1.82) is 0 Å². The molecule has 0 aromatic carbocycles. The molecule has 2 N–H and O–H groups in total. The molecule has 4 nitrogen and oxygen atoms in total. The highest BCUT2D eigenvalue weighted by Crippen LogP contribution is 2.21. The summed E-state index contributed by atoms with van der Waals surface area (Å²) in [5.74, 6) is 0.984. The third kappa shape index (κ3) is 4.48. The van der Waals surface area contributed by atoms with Gasteiger partial charge >= 0.3 is 0 Å². The maximum absolute atomic E-state index is 12.2. The van der Waals surface area contributed by atoms with Crippen LogP contribution in [0.3, 0.4) is 0 Å². The summed E-state index contributed by atoms with van der Waals surface area (Å²) in [6.45, 7) is 7.29. The maximum Gasteiger partial charge on any atom is 0.239 e. The van der Waals surface area contributed by atoms with Crippen molar-refractivity contribution in [2.75, 3.05) is 25.1 Å². The van der Waals surface area contributed by atoms with Crippen LogP contribution in [0.25, 0.3) is 0 Å². The molecule has 100 valence electrons. The Hall–Kier alpha value is -0.260. The van der Waals surface area contributed by atoms with Gasteiger partial charge in [0, 0.05) is 13.1 Å². The Kier molecular flexibility index (Phi) is 5.28. The minimum atomic E-state index is -0.372. The van der Waals surface area contributed by atoms with E-state index in [1.807, 2.05) is 31.9 Å². The second-order valence-electron chi connectivity index (χ2n) is 5.29. The number of nitrogens with zero attached hydrogens (tertiary/aromatic N) is 1. The zero-order chi connectivity index (χ0) is 13.1. The predicted octanol–water partition coefficient (Wildman–Crippen LogP) is 1.09. The monoisotopic (exact) mass is 260 g/mol. The number of carbonyl (C=O) groups is 1. The predicted molar refractivity (Wildman–Crippen MR) is 72.2 cm³/mol. The SMILES string of the molecule is CSCC[C@@H](N)C(=O)N1CC(C)OC(C)(C)C1. The molecule has 1 aliphatic rings. The number of rotatable bonds is 4. The van der Waals surface area contributed by atoms with Gasteiger partial charge in [0.25, 0.3) is 0 Å². The van der Waals surface area contributed by atoms with Crippen molar-refractivity contribution in [2.45, 2.75) is 44.9 Å². The van der Waals surface area contributed by atoms with E-state index in [4.69, 9.17) is 10.5 Å². The van der Waals surface area contributed by atoms with Gasteiger partial charge in [-0.25, -0.2) is 0 Å². The van der Waals surface area contributed by atoms with Gasteiger partial charge in [0.15, 0.2) is 0 Å². The highest BCUT2D eigenvalue weighted by molar-refractivity contribution is 7.98. The van der Waals surface area contributed by atoms with Gasteiger partial charge < -0.3 is 15.4 Å².